The van der Waals surface area contributed by atoms with E-state index in [0.29, 0.717) is 11.4 Å². The summed E-state index contributed by atoms with van der Waals surface area (Å²) in [5.74, 6) is 0.654. The number of anilines is 2. The fourth-order valence-electron chi connectivity index (χ4n) is 3.32. The Morgan fingerprint density at radius 2 is 1.79 bits per heavy atom. The highest BCUT2D eigenvalue weighted by Gasteiger charge is 2.39. The predicted molar refractivity (Wildman–Crippen MR) is 113 cm³/mol. The molecule has 0 radical (unpaired) electrons. The van der Waals surface area contributed by atoms with Crippen LogP contribution < -0.4 is 10.2 Å². The van der Waals surface area contributed by atoms with Gasteiger partial charge in [-0.05, 0) is 37.6 Å². The maximum Gasteiger partial charge on any atom is 0.433 e. The van der Waals surface area contributed by atoms with E-state index >= 15 is 0 Å². The molecule has 9 nitrogen and oxygen atoms in total. The minimum Gasteiger partial charge on any atom is -0.447 e. The zero-order valence-electron chi connectivity index (χ0n) is 18.0. The van der Waals surface area contributed by atoms with E-state index in [1.54, 1.807) is 6.92 Å². The van der Waals surface area contributed by atoms with Crippen LogP contribution in [0.5, 0.6) is 0 Å². The Bertz CT molecular complexity index is 1170. The summed E-state index contributed by atoms with van der Waals surface area (Å²) in [6, 6.07) is 2.54. The molecule has 34 heavy (non-hydrogen) atoms. The monoisotopic (exact) mass is 477 g/mol. The summed E-state index contributed by atoms with van der Waals surface area (Å²) in [6.45, 7) is 2.98. The van der Waals surface area contributed by atoms with Gasteiger partial charge in [0.05, 0.1) is 6.04 Å². The Morgan fingerprint density at radius 1 is 1.09 bits per heavy atom. The number of alkyl halides is 4. The topological polar surface area (TPSA) is 106 Å². The highest BCUT2D eigenvalue weighted by atomic mass is 19.4. The lowest BCUT2D eigenvalue weighted by atomic mass is 10.1. The number of ether oxygens (including phenoxy) is 1. The van der Waals surface area contributed by atoms with Crippen LogP contribution in [0.2, 0.25) is 0 Å². The van der Waals surface area contributed by atoms with Crippen molar-refractivity contribution in [2.24, 2.45) is 0 Å². The Kier molecular flexibility index (Phi) is 6.26. The number of pyridine rings is 1. The van der Waals surface area contributed by atoms with Gasteiger partial charge in [0.15, 0.2) is 0 Å². The molecule has 3 aromatic heterocycles. The molecule has 0 saturated carbocycles. The fraction of sp³-hybridized carbons (Fsp3) is 0.333. The summed E-state index contributed by atoms with van der Waals surface area (Å²) in [5, 5.41) is 2.99. The van der Waals surface area contributed by atoms with E-state index in [0.717, 1.165) is 17.2 Å². The first kappa shape index (κ1) is 23.3. The van der Waals surface area contributed by atoms with Crippen molar-refractivity contribution in [3.05, 3.63) is 54.5 Å². The van der Waals surface area contributed by atoms with E-state index in [4.69, 9.17) is 4.74 Å². The first-order valence-corrected chi connectivity index (χ1v) is 10.2. The number of aromatic nitrogens is 5. The van der Waals surface area contributed by atoms with Crippen LogP contribution in [0, 0.1) is 0 Å². The lowest BCUT2D eigenvalue weighted by Gasteiger charge is -2.22. The van der Waals surface area contributed by atoms with E-state index in [-0.39, 0.29) is 23.9 Å². The summed E-state index contributed by atoms with van der Waals surface area (Å²) in [5.41, 5.74) is -0.340. The lowest BCUT2D eigenvalue weighted by molar-refractivity contribution is -0.141. The zero-order chi connectivity index (χ0) is 24.5. The molecule has 1 fully saturated rings. The first-order chi connectivity index (χ1) is 16.1. The number of amides is 1. The highest BCUT2D eigenvalue weighted by Crippen LogP contribution is 2.30. The molecule has 4 heterocycles. The number of nitrogens with zero attached hydrogens (tertiary/aromatic N) is 6. The Hall–Kier alpha value is -3.90. The van der Waals surface area contributed by atoms with Crippen molar-refractivity contribution in [3.8, 4) is 11.1 Å². The number of cyclic esters (lactones) is 1. The Morgan fingerprint density at radius 3 is 2.47 bits per heavy atom. The van der Waals surface area contributed by atoms with Crippen molar-refractivity contribution < 1.29 is 27.1 Å². The van der Waals surface area contributed by atoms with Gasteiger partial charge < -0.3 is 10.1 Å². The molecule has 0 spiro atoms. The number of rotatable bonds is 6. The first-order valence-electron chi connectivity index (χ1n) is 10.2. The molecule has 13 heteroatoms. The minimum absolute atomic E-state index is 0.0816. The van der Waals surface area contributed by atoms with Crippen LogP contribution in [0.1, 0.15) is 31.4 Å². The summed E-state index contributed by atoms with van der Waals surface area (Å²) >= 11 is 0. The number of hydrogen-bond acceptors (Lipinski definition) is 8. The van der Waals surface area contributed by atoms with Crippen molar-refractivity contribution in [1.82, 2.24) is 24.9 Å². The van der Waals surface area contributed by atoms with E-state index in [1.807, 2.05) is 0 Å². The van der Waals surface area contributed by atoms with Gasteiger partial charge in [-0.15, -0.1) is 0 Å². The van der Waals surface area contributed by atoms with Gasteiger partial charge in [0.2, 0.25) is 5.95 Å². The molecule has 0 aliphatic carbocycles. The Labute approximate surface area is 191 Å². The second-order valence-electron chi connectivity index (χ2n) is 7.55. The van der Waals surface area contributed by atoms with Crippen molar-refractivity contribution in [2.75, 3.05) is 16.8 Å². The maximum atomic E-state index is 13.9. The molecule has 1 aliphatic rings. The van der Waals surface area contributed by atoms with Gasteiger partial charge >= 0.3 is 12.3 Å². The quantitative estimate of drug-likeness (QED) is 0.527. The molecule has 4 rings (SSSR count). The van der Waals surface area contributed by atoms with E-state index in [1.165, 1.54) is 37.6 Å². The van der Waals surface area contributed by atoms with Crippen LogP contribution in [-0.4, -0.2) is 49.8 Å². The molecule has 1 N–H and O–H groups in total. The van der Waals surface area contributed by atoms with E-state index in [2.05, 4.69) is 30.2 Å². The largest absolute Gasteiger partial charge is 0.447 e. The molecule has 0 aromatic carbocycles. The zero-order valence-corrected chi connectivity index (χ0v) is 18.0. The third kappa shape index (κ3) is 4.87. The molecule has 1 saturated heterocycles. The minimum atomic E-state index is -4.56. The van der Waals surface area contributed by atoms with Crippen LogP contribution in [-0.2, 0) is 10.9 Å². The van der Waals surface area contributed by atoms with Crippen LogP contribution in [0.4, 0.5) is 34.1 Å². The van der Waals surface area contributed by atoms with Crippen molar-refractivity contribution in [2.45, 2.75) is 38.3 Å². The van der Waals surface area contributed by atoms with Crippen LogP contribution in [0.15, 0.2) is 43.0 Å². The third-order valence-electron chi connectivity index (χ3n) is 5.11. The van der Waals surface area contributed by atoms with Crippen molar-refractivity contribution in [1.29, 1.82) is 0 Å². The summed E-state index contributed by atoms with van der Waals surface area (Å²) in [7, 11) is 0. The van der Waals surface area contributed by atoms with Crippen LogP contribution in [0.25, 0.3) is 11.1 Å². The smallest absolute Gasteiger partial charge is 0.433 e. The van der Waals surface area contributed by atoms with Crippen molar-refractivity contribution in [3.63, 3.8) is 0 Å². The van der Waals surface area contributed by atoms with E-state index < -0.39 is 36.2 Å². The van der Waals surface area contributed by atoms with E-state index in [9.17, 15) is 22.4 Å². The fourth-order valence-corrected chi connectivity index (χ4v) is 3.32. The van der Waals surface area contributed by atoms with Gasteiger partial charge in [0.1, 0.15) is 36.2 Å². The standard InChI is InChI=1S/C21H19F4N7O2/c1-11(22)15-10-34-20(33)32(15)17-4-6-27-19(31-17)30-12(2)18-28-8-14(9-29-18)13-3-5-26-16(7-13)21(23,24)25/h3-9,11-12,15H,10H2,1-2H3,(H,27,30,31)/t11-,12-,15+/m0/s1. The normalized spacial score (nSPS) is 17.9. The molecule has 0 unspecified atom stereocenters. The molecular weight excluding hydrogens is 458 g/mol. The molecule has 1 amide bonds. The SMILES string of the molecule is C[C@H](Nc1nccc(N2C(=O)OC[C@@H]2[C@H](C)F)n1)c1ncc(-c2ccnc(C(F)(F)F)c2)cn1. The molecule has 0 bridgehead atoms. The van der Waals surface area contributed by atoms with Gasteiger partial charge in [-0.1, -0.05) is 0 Å². The predicted octanol–water partition coefficient (Wildman–Crippen LogP) is 4.20. The van der Waals surface area contributed by atoms with Gasteiger partial charge in [0, 0.05) is 30.4 Å². The van der Waals surface area contributed by atoms with Crippen LogP contribution >= 0.6 is 0 Å². The molecular formula is C21H19F4N7O2. The second kappa shape index (κ2) is 9.15. The molecule has 3 aromatic rings. The van der Waals surface area contributed by atoms with Gasteiger partial charge in [0.25, 0.3) is 0 Å². The third-order valence-corrected chi connectivity index (χ3v) is 5.11. The number of halogens is 4. The average molecular weight is 477 g/mol. The number of hydrogen-bond donors (Lipinski definition) is 1. The lowest BCUT2D eigenvalue weighted by Crippen LogP contribution is -2.39. The van der Waals surface area contributed by atoms with Crippen LogP contribution in [0.3, 0.4) is 0 Å². The summed E-state index contributed by atoms with van der Waals surface area (Å²) < 4.78 is 57.5. The average Bonchev–Trinajstić information content (AvgIpc) is 3.20. The van der Waals surface area contributed by atoms with Crippen molar-refractivity contribution >= 4 is 17.9 Å². The van der Waals surface area contributed by atoms with Gasteiger partial charge in [-0.3, -0.25) is 9.88 Å². The van der Waals surface area contributed by atoms with Gasteiger partial charge in [-0.25, -0.2) is 24.1 Å². The molecule has 3 atom stereocenters. The highest BCUT2D eigenvalue weighted by molar-refractivity contribution is 5.89. The Balaban J connectivity index is 1.49. The number of carbonyl (C=O) groups excluding carboxylic acids is 1. The summed E-state index contributed by atoms with van der Waals surface area (Å²) in [6.07, 6.45) is -1.29. The van der Waals surface area contributed by atoms with Gasteiger partial charge in [-0.2, -0.15) is 18.2 Å². The molecule has 178 valence electrons. The number of carbonyl (C=O) groups is 1. The maximum absolute atomic E-state index is 13.9. The molecule has 1 aliphatic heterocycles. The summed E-state index contributed by atoms with van der Waals surface area (Å²) in [4.78, 5) is 33.3. The second-order valence-corrected chi connectivity index (χ2v) is 7.55. The number of nitrogens with one attached hydrogen (secondary N) is 1.